The zero-order chi connectivity index (χ0) is 33.4. The van der Waals surface area contributed by atoms with Crippen LogP contribution in [0.4, 0.5) is 5.69 Å². The maximum absolute atomic E-state index is 14.6. The maximum Gasteiger partial charge on any atom is 0.264 e. The van der Waals surface area contributed by atoms with Gasteiger partial charge in [-0.05, 0) is 78.6 Å². The summed E-state index contributed by atoms with van der Waals surface area (Å²) < 4.78 is 34.7. The highest BCUT2D eigenvalue weighted by molar-refractivity contribution is 7.92. The molecule has 2 amide bonds. The van der Waals surface area contributed by atoms with Crippen LogP contribution in [0.15, 0.2) is 108 Å². The lowest BCUT2D eigenvalue weighted by Gasteiger charge is -2.34. The first kappa shape index (κ1) is 34.3. The van der Waals surface area contributed by atoms with Crippen LogP contribution in [0.1, 0.15) is 36.8 Å². The molecule has 0 spiro atoms. The summed E-state index contributed by atoms with van der Waals surface area (Å²) in [7, 11) is -2.79. The minimum absolute atomic E-state index is 0.0160. The SMILES string of the molecule is COc1ccc(S(=O)(=O)N(CC(=O)N(Cc2cccc(Cl)c2)[C@@H](Cc2ccccc2)C(=O)NC2CCCC2)c2cccc(Cl)c2)cc1. The van der Waals surface area contributed by atoms with E-state index in [1.807, 2.05) is 36.4 Å². The molecule has 0 saturated heterocycles. The fourth-order valence-corrected chi connectivity index (χ4v) is 7.59. The third-order valence-electron chi connectivity index (χ3n) is 8.24. The molecule has 0 unspecified atom stereocenters. The summed E-state index contributed by atoms with van der Waals surface area (Å²) in [4.78, 5) is 30.1. The summed E-state index contributed by atoms with van der Waals surface area (Å²) in [5.74, 6) is -0.368. The van der Waals surface area contributed by atoms with Crippen LogP contribution in [0, 0.1) is 0 Å². The lowest BCUT2D eigenvalue weighted by atomic mass is 10.0. The Bertz CT molecular complexity index is 1780. The van der Waals surface area contributed by atoms with E-state index in [2.05, 4.69) is 5.32 Å². The summed E-state index contributed by atoms with van der Waals surface area (Å²) in [6.45, 7) is -0.557. The molecule has 11 heteroatoms. The number of rotatable bonds is 13. The molecular weight excluding hydrogens is 657 g/mol. The number of anilines is 1. The summed E-state index contributed by atoms with van der Waals surface area (Å²) in [6.07, 6.45) is 4.02. The number of carbonyl (C=O) groups excluding carboxylic acids is 2. The average molecular weight is 695 g/mol. The first-order chi connectivity index (χ1) is 22.6. The molecule has 4 aromatic carbocycles. The van der Waals surface area contributed by atoms with Crippen LogP contribution in [0.2, 0.25) is 10.0 Å². The van der Waals surface area contributed by atoms with Gasteiger partial charge >= 0.3 is 0 Å². The maximum atomic E-state index is 14.6. The van der Waals surface area contributed by atoms with Crippen molar-refractivity contribution in [3.63, 3.8) is 0 Å². The van der Waals surface area contributed by atoms with Crippen molar-refractivity contribution in [1.82, 2.24) is 10.2 Å². The van der Waals surface area contributed by atoms with Crippen molar-refractivity contribution in [3.05, 3.63) is 124 Å². The summed E-state index contributed by atoms with van der Waals surface area (Å²) in [6, 6.07) is 27.9. The van der Waals surface area contributed by atoms with E-state index in [1.165, 1.54) is 30.2 Å². The van der Waals surface area contributed by atoms with Gasteiger partial charge in [-0.3, -0.25) is 13.9 Å². The third-order valence-corrected chi connectivity index (χ3v) is 10.5. The van der Waals surface area contributed by atoms with Crippen LogP contribution in [-0.4, -0.2) is 50.9 Å². The molecule has 0 heterocycles. The molecule has 0 aromatic heterocycles. The van der Waals surface area contributed by atoms with Crippen molar-refractivity contribution in [2.45, 2.75) is 55.6 Å². The predicted molar refractivity (Wildman–Crippen MR) is 185 cm³/mol. The van der Waals surface area contributed by atoms with Gasteiger partial charge in [0.1, 0.15) is 18.3 Å². The van der Waals surface area contributed by atoms with Gasteiger partial charge in [0.05, 0.1) is 17.7 Å². The highest BCUT2D eigenvalue weighted by atomic mass is 35.5. The van der Waals surface area contributed by atoms with Gasteiger partial charge in [0.25, 0.3) is 10.0 Å². The number of sulfonamides is 1. The Hall–Kier alpha value is -4.05. The minimum Gasteiger partial charge on any atom is -0.497 e. The average Bonchev–Trinajstić information content (AvgIpc) is 3.58. The molecule has 1 aliphatic rings. The Morgan fingerprint density at radius 3 is 2.13 bits per heavy atom. The lowest BCUT2D eigenvalue weighted by Crippen LogP contribution is -2.54. The fourth-order valence-electron chi connectivity index (χ4n) is 5.79. The second kappa shape index (κ2) is 15.7. The smallest absolute Gasteiger partial charge is 0.264 e. The van der Waals surface area contributed by atoms with Gasteiger partial charge in [-0.1, -0.05) is 84.6 Å². The van der Waals surface area contributed by atoms with Crippen molar-refractivity contribution < 1.29 is 22.7 Å². The lowest BCUT2D eigenvalue weighted by molar-refractivity contribution is -0.140. The monoisotopic (exact) mass is 693 g/mol. The molecule has 0 radical (unpaired) electrons. The number of halogens is 2. The number of carbonyl (C=O) groups is 2. The van der Waals surface area contributed by atoms with Gasteiger partial charge in [-0.15, -0.1) is 0 Å². The molecule has 0 bridgehead atoms. The molecule has 246 valence electrons. The number of methoxy groups -OCH3 is 1. The van der Waals surface area contributed by atoms with Gasteiger partial charge < -0.3 is 15.0 Å². The van der Waals surface area contributed by atoms with Crippen LogP contribution in [0.3, 0.4) is 0 Å². The van der Waals surface area contributed by atoms with Crippen LogP contribution < -0.4 is 14.4 Å². The quantitative estimate of drug-likeness (QED) is 0.164. The zero-order valence-electron chi connectivity index (χ0n) is 26.0. The fraction of sp³-hybridized carbons (Fsp3) is 0.278. The Labute approximate surface area is 286 Å². The normalized spacial score (nSPS) is 13.9. The molecular formula is C36H37Cl2N3O5S. The second-order valence-corrected chi connectivity index (χ2v) is 14.2. The van der Waals surface area contributed by atoms with Crippen molar-refractivity contribution in [3.8, 4) is 5.75 Å². The number of hydrogen-bond acceptors (Lipinski definition) is 5. The highest BCUT2D eigenvalue weighted by Crippen LogP contribution is 2.28. The molecule has 1 fully saturated rings. The van der Waals surface area contributed by atoms with E-state index in [0.29, 0.717) is 21.4 Å². The third kappa shape index (κ3) is 8.86. The summed E-state index contributed by atoms with van der Waals surface area (Å²) in [5, 5.41) is 3.95. The van der Waals surface area contributed by atoms with Crippen molar-refractivity contribution in [2.75, 3.05) is 18.0 Å². The molecule has 1 saturated carbocycles. The molecule has 1 atom stereocenters. The highest BCUT2D eigenvalue weighted by Gasteiger charge is 2.35. The van der Waals surface area contributed by atoms with Gasteiger partial charge in [0.2, 0.25) is 11.8 Å². The van der Waals surface area contributed by atoms with Crippen LogP contribution >= 0.6 is 23.2 Å². The Morgan fingerprint density at radius 1 is 0.851 bits per heavy atom. The standard InChI is InChI=1S/C36H37Cl2N3O5S/c1-46-32-17-19-33(20-18-32)47(44,45)41(31-16-8-13-29(38)23-31)25-35(42)40(24-27-11-7-12-28(37)21-27)34(22-26-9-3-2-4-10-26)36(43)39-30-14-5-6-15-30/h2-4,7-13,16-21,23,30,34H,5-6,14-15,22,24-25H2,1H3,(H,39,43)/t34-/m0/s1. The topological polar surface area (TPSA) is 96.0 Å². The number of nitrogens with one attached hydrogen (secondary N) is 1. The van der Waals surface area contributed by atoms with Crippen LogP contribution in [0.5, 0.6) is 5.75 Å². The first-order valence-corrected chi connectivity index (χ1v) is 17.6. The zero-order valence-corrected chi connectivity index (χ0v) is 28.3. The van der Waals surface area contributed by atoms with E-state index in [-0.39, 0.29) is 35.5 Å². The Balaban J connectivity index is 1.56. The predicted octanol–water partition coefficient (Wildman–Crippen LogP) is 6.90. The molecule has 47 heavy (non-hydrogen) atoms. The van der Waals surface area contributed by atoms with Gasteiger partial charge in [0, 0.05) is 29.1 Å². The minimum atomic E-state index is -4.28. The molecule has 0 aliphatic heterocycles. The first-order valence-electron chi connectivity index (χ1n) is 15.4. The van der Waals surface area contributed by atoms with E-state index in [4.69, 9.17) is 27.9 Å². The largest absolute Gasteiger partial charge is 0.497 e. The van der Waals surface area contributed by atoms with E-state index in [1.54, 1.807) is 48.5 Å². The van der Waals surface area contributed by atoms with Crippen LogP contribution in [-0.2, 0) is 32.6 Å². The molecule has 1 aliphatic carbocycles. The second-order valence-electron chi connectivity index (χ2n) is 11.5. The van der Waals surface area contributed by atoms with E-state index >= 15 is 0 Å². The summed E-state index contributed by atoms with van der Waals surface area (Å²) in [5.41, 5.74) is 1.77. The number of benzene rings is 4. The number of hydrogen-bond donors (Lipinski definition) is 1. The number of nitrogens with zero attached hydrogens (tertiary/aromatic N) is 2. The number of ether oxygens (including phenoxy) is 1. The van der Waals surface area contributed by atoms with Gasteiger partial charge in [0.15, 0.2) is 0 Å². The Kier molecular flexibility index (Phi) is 11.4. The van der Waals surface area contributed by atoms with Crippen molar-refractivity contribution in [2.24, 2.45) is 0 Å². The van der Waals surface area contributed by atoms with Crippen molar-refractivity contribution >= 4 is 50.7 Å². The summed E-state index contributed by atoms with van der Waals surface area (Å²) >= 11 is 12.6. The molecule has 8 nitrogen and oxygen atoms in total. The van der Waals surface area contributed by atoms with E-state index in [9.17, 15) is 18.0 Å². The van der Waals surface area contributed by atoms with Gasteiger partial charge in [-0.25, -0.2) is 8.42 Å². The number of amides is 2. The van der Waals surface area contributed by atoms with Crippen LogP contribution in [0.25, 0.3) is 0 Å². The van der Waals surface area contributed by atoms with Gasteiger partial charge in [-0.2, -0.15) is 0 Å². The van der Waals surface area contributed by atoms with Crippen molar-refractivity contribution in [1.29, 1.82) is 0 Å². The molecule has 1 N–H and O–H groups in total. The van der Waals surface area contributed by atoms with E-state index in [0.717, 1.165) is 35.6 Å². The molecule has 4 aromatic rings. The molecule has 5 rings (SSSR count). The Morgan fingerprint density at radius 2 is 1.49 bits per heavy atom. The van der Waals surface area contributed by atoms with E-state index < -0.39 is 28.5 Å².